The summed E-state index contributed by atoms with van der Waals surface area (Å²) in [5.41, 5.74) is 4.86. The summed E-state index contributed by atoms with van der Waals surface area (Å²) in [6.45, 7) is 5.34. The summed E-state index contributed by atoms with van der Waals surface area (Å²) in [5.74, 6) is -3.84. The lowest BCUT2D eigenvalue weighted by Gasteiger charge is -2.41. The fourth-order valence-corrected chi connectivity index (χ4v) is 4.44. The summed E-state index contributed by atoms with van der Waals surface area (Å²) in [4.78, 5) is 26.6. The summed E-state index contributed by atoms with van der Waals surface area (Å²) in [5, 5.41) is 2.84. The Morgan fingerprint density at radius 3 is 2.16 bits per heavy atom. The molecular weight excluding hydrogens is 408 g/mol. The molecular formula is C22H31F2N3O4. The van der Waals surface area contributed by atoms with Crippen molar-refractivity contribution in [2.24, 2.45) is 5.73 Å². The number of hydrogen-bond donors (Lipinski definition) is 2. The van der Waals surface area contributed by atoms with Crippen LogP contribution >= 0.6 is 0 Å². The van der Waals surface area contributed by atoms with E-state index in [1.165, 1.54) is 36.3 Å². The van der Waals surface area contributed by atoms with Crippen molar-refractivity contribution >= 4 is 12.0 Å². The number of alkyl carbamates (subject to hydrolysis) is 1. The van der Waals surface area contributed by atoms with Crippen LogP contribution in [0.3, 0.4) is 0 Å². The molecule has 2 bridgehead atoms. The summed E-state index contributed by atoms with van der Waals surface area (Å²) < 4.78 is 40.3. The number of carbonyl (C=O) groups excluding carboxylic acids is 2. The Labute approximate surface area is 181 Å². The van der Waals surface area contributed by atoms with Crippen LogP contribution in [0.5, 0.6) is 5.75 Å². The molecule has 2 heterocycles. The highest BCUT2D eigenvalue weighted by atomic mass is 19.3. The van der Waals surface area contributed by atoms with Crippen LogP contribution in [0.1, 0.15) is 52.0 Å². The number of benzene rings is 1. The van der Waals surface area contributed by atoms with Gasteiger partial charge in [-0.3, -0.25) is 4.79 Å². The largest absolute Gasteiger partial charge is 0.497 e. The molecule has 172 valence electrons. The van der Waals surface area contributed by atoms with Crippen LogP contribution < -0.4 is 15.8 Å². The van der Waals surface area contributed by atoms with Gasteiger partial charge in [0.2, 0.25) is 5.91 Å². The summed E-state index contributed by atoms with van der Waals surface area (Å²) >= 11 is 0. The SMILES string of the molecule is COc1ccc(C(F)(F)C(N)C(=O)N2C3CCC2CC(NC(=O)OC(C)(C)C)C3)cc1. The van der Waals surface area contributed by atoms with E-state index < -0.39 is 29.6 Å². The summed E-state index contributed by atoms with van der Waals surface area (Å²) in [6, 6.07) is 2.65. The highest BCUT2D eigenvalue weighted by molar-refractivity contribution is 5.84. The molecule has 2 amide bonds. The van der Waals surface area contributed by atoms with Gasteiger partial charge < -0.3 is 25.4 Å². The van der Waals surface area contributed by atoms with Crippen LogP contribution in [0.2, 0.25) is 0 Å². The van der Waals surface area contributed by atoms with Crippen molar-refractivity contribution < 1.29 is 27.8 Å². The van der Waals surface area contributed by atoms with Gasteiger partial charge in [0, 0.05) is 23.7 Å². The first-order valence-corrected chi connectivity index (χ1v) is 10.5. The lowest BCUT2D eigenvalue weighted by atomic mass is 9.94. The third kappa shape index (κ3) is 5.08. The van der Waals surface area contributed by atoms with Crippen molar-refractivity contribution in [1.29, 1.82) is 0 Å². The molecule has 2 saturated heterocycles. The van der Waals surface area contributed by atoms with Gasteiger partial charge in [0.1, 0.15) is 11.4 Å². The maximum absolute atomic E-state index is 15.0. The highest BCUT2D eigenvalue weighted by Crippen LogP contribution is 2.39. The molecule has 0 radical (unpaired) electrons. The number of nitrogens with one attached hydrogen (secondary N) is 1. The van der Waals surface area contributed by atoms with E-state index in [9.17, 15) is 18.4 Å². The lowest BCUT2D eigenvalue weighted by Crippen LogP contribution is -2.59. The Kier molecular flexibility index (Phi) is 6.45. The van der Waals surface area contributed by atoms with E-state index in [1.807, 2.05) is 0 Å². The molecule has 0 saturated carbocycles. The monoisotopic (exact) mass is 439 g/mol. The van der Waals surface area contributed by atoms with Crippen LogP contribution in [0.15, 0.2) is 24.3 Å². The molecule has 2 aliphatic heterocycles. The Morgan fingerprint density at radius 2 is 1.68 bits per heavy atom. The van der Waals surface area contributed by atoms with Gasteiger partial charge in [0.25, 0.3) is 5.92 Å². The van der Waals surface area contributed by atoms with E-state index in [1.54, 1.807) is 20.8 Å². The number of ether oxygens (including phenoxy) is 2. The molecule has 3 atom stereocenters. The predicted octanol–water partition coefficient (Wildman–Crippen LogP) is 3.16. The van der Waals surface area contributed by atoms with Crippen molar-refractivity contribution in [2.75, 3.05) is 7.11 Å². The molecule has 7 nitrogen and oxygen atoms in total. The van der Waals surface area contributed by atoms with E-state index in [2.05, 4.69) is 5.32 Å². The van der Waals surface area contributed by atoms with Gasteiger partial charge in [-0.1, -0.05) is 0 Å². The Morgan fingerprint density at radius 1 is 1.13 bits per heavy atom. The van der Waals surface area contributed by atoms with Crippen LogP contribution in [-0.4, -0.2) is 53.8 Å². The number of hydrogen-bond acceptors (Lipinski definition) is 5. The van der Waals surface area contributed by atoms with Gasteiger partial charge in [0.05, 0.1) is 7.11 Å². The first-order chi connectivity index (χ1) is 14.4. The average molecular weight is 440 g/mol. The number of fused-ring (bicyclic) bond motifs is 2. The lowest BCUT2D eigenvalue weighted by molar-refractivity contribution is -0.147. The van der Waals surface area contributed by atoms with Crippen molar-refractivity contribution in [3.8, 4) is 5.75 Å². The molecule has 3 N–H and O–H groups in total. The molecule has 0 aliphatic carbocycles. The topological polar surface area (TPSA) is 93.9 Å². The first-order valence-electron chi connectivity index (χ1n) is 10.5. The maximum atomic E-state index is 15.0. The standard InChI is InChI=1S/C22H31F2N3O4/c1-21(2,3)31-20(29)26-14-11-15-7-8-16(12-14)27(15)19(28)18(25)22(23,24)13-5-9-17(30-4)10-6-13/h5-6,9-10,14-16,18H,7-8,11-12,25H2,1-4H3,(H,26,29). The summed E-state index contributed by atoms with van der Waals surface area (Å²) in [7, 11) is 1.44. The van der Waals surface area contributed by atoms with E-state index >= 15 is 0 Å². The van der Waals surface area contributed by atoms with Crippen LogP contribution in [0.25, 0.3) is 0 Å². The number of rotatable bonds is 5. The molecule has 1 aromatic rings. The molecule has 2 aliphatic rings. The van der Waals surface area contributed by atoms with Crippen molar-refractivity contribution in [2.45, 2.75) is 82.1 Å². The van der Waals surface area contributed by atoms with Gasteiger partial charge in [-0.2, -0.15) is 8.78 Å². The second-order valence-corrected chi connectivity index (χ2v) is 9.27. The van der Waals surface area contributed by atoms with Gasteiger partial charge in [-0.15, -0.1) is 0 Å². The number of nitrogens with two attached hydrogens (primary N) is 1. The van der Waals surface area contributed by atoms with E-state index in [0.717, 1.165) is 0 Å². The summed E-state index contributed by atoms with van der Waals surface area (Å²) in [6.07, 6.45) is 1.86. The zero-order valence-corrected chi connectivity index (χ0v) is 18.4. The normalized spacial score (nSPS) is 24.5. The quantitative estimate of drug-likeness (QED) is 0.735. The molecule has 0 spiro atoms. The third-order valence-electron chi connectivity index (χ3n) is 5.84. The predicted molar refractivity (Wildman–Crippen MR) is 111 cm³/mol. The van der Waals surface area contributed by atoms with Crippen molar-refractivity contribution in [1.82, 2.24) is 10.2 Å². The van der Waals surface area contributed by atoms with Gasteiger partial charge in [-0.25, -0.2) is 4.79 Å². The minimum atomic E-state index is -3.52. The second-order valence-electron chi connectivity index (χ2n) is 9.27. The fourth-order valence-electron chi connectivity index (χ4n) is 4.44. The Hall–Kier alpha value is -2.42. The molecule has 31 heavy (non-hydrogen) atoms. The minimum Gasteiger partial charge on any atom is -0.497 e. The minimum absolute atomic E-state index is 0.172. The number of alkyl halides is 2. The number of nitrogens with zero attached hydrogens (tertiary/aromatic N) is 1. The molecule has 3 rings (SSSR count). The number of amides is 2. The van der Waals surface area contributed by atoms with E-state index in [0.29, 0.717) is 31.4 Å². The van der Waals surface area contributed by atoms with E-state index in [-0.39, 0.29) is 23.7 Å². The van der Waals surface area contributed by atoms with Gasteiger partial charge in [0.15, 0.2) is 6.04 Å². The maximum Gasteiger partial charge on any atom is 0.407 e. The van der Waals surface area contributed by atoms with E-state index in [4.69, 9.17) is 15.2 Å². The molecule has 9 heteroatoms. The fraction of sp³-hybridized carbons (Fsp3) is 0.636. The van der Waals surface area contributed by atoms with Gasteiger partial charge in [-0.05, 0) is 70.7 Å². The molecule has 1 aromatic carbocycles. The number of methoxy groups -OCH3 is 1. The van der Waals surface area contributed by atoms with Crippen LogP contribution in [-0.2, 0) is 15.5 Å². The molecule has 3 unspecified atom stereocenters. The first kappa shape index (κ1) is 23.2. The van der Waals surface area contributed by atoms with Crippen LogP contribution in [0.4, 0.5) is 13.6 Å². The number of piperidine rings is 1. The van der Waals surface area contributed by atoms with Gasteiger partial charge >= 0.3 is 6.09 Å². The number of halogens is 2. The zero-order valence-electron chi connectivity index (χ0n) is 18.4. The smallest absolute Gasteiger partial charge is 0.407 e. The van der Waals surface area contributed by atoms with Crippen molar-refractivity contribution in [3.05, 3.63) is 29.8 Å². The highest BCUT2D eigenvalue weighted by Gasteiger charge is 2.51. The Balaban J connectivity index is 1.66. The number of carbonyl (C=O) groups is 2. The Bertz CT molecular complexity index is 796. The third-order valence-corrected chi connectivity index (χ3v) is 5.84. The van der Waals surface area contributed by atoms with Crippen molar-refractivity contribution in [3.63, 3.8) is 0 Å². The molecule has 0 aromatic heterocycles. The zero-order chi connectivity index (χ0) is 23.0. The molecule has 2 fully saturated rings. The second kappa shape index (κ2) is 8.61. The van der Waals surface area contributed by atoms with Crippen LogP contribution in [0, 0.1) is 0 Å². The average Bonchev–Trinajstić information content (AvgIpc) is 2.95.